The van der Waals surface area contributed by atoms with Gasteiger partial charge in [0.05, 0.1) is 11.1 Å². The molecule has 1 unspecified atom stereocenters. The molecule has 0 aliphatic heterocycles. The molecule has 2 N–H and O–H groups in total. The molecule has 0 fully saturated rings. The lowest BCUT2D eigenvalue weighted by molar-refractivity contribution is 0.490. The molecule has 1 aromatic carbocycles. The van der Waals surface area contributed by atoms with E-state index in [-0.39, 0.29) is 11.9 Å². The molecule has 0 bridgehead atoms. The lowest BCUT2D eigenvalue weighted by Gasteiger charge is -2.11. The average molecular weight is 305 g/mol. The van der Waals surface area contributed by atoms with Crippen LogP contribution in [-0.2, 0) is 6.42 Å². The van der Waals surface area contributed by atoms with Gasteiger partial charge in [0.25, 0.3) is 0 Å². The first-order valence-corrected chi connectivity index (χ1v) is 6.96. The van der Waals surface area contributed by atoms with E-state index in [9.17, 15) is 4.39 Å². The number of fused-ring (bicyclic) bond motifs is 1. The van der Waals surface area contributed by atoms with Gasteiger partial charge in [0.15, 0.2) is 0 Å². The molecule has 0 radical (unpaired) electrons. The fraction of sp³-hybridized carbons (Fsp3) is 0.188. The van der Waals surface area contributed by atoms with Crippen LogP contribution in [0, 0.1) is 12.7 Å². The van der Waals surface area contributed by atoms with E-state index in [0.717, 1.165) is 16.5 Å². The second-order valence-corrected chi connectivity index (χ2v) is 5.42. The highest BCUT2D eigenvalue weighted by atomic mass is 35.5. The average Bonchev–Trinajstić information content (AvgIpc) is 2.79. The highest BCUT2D eigenvalue weighted by Crippen LogP contribution is 2.31. The Labute approximate surface area is 126 Å². The minimum atomic E-state index is -0.347. The molecule has 3 aromatic rings. The number of hydrogen-bond donors (Lipinski definition) is 1. The van der Waals surface area contributed by atoms with Gasteiger partial charge in [-0.15, -0.1) is 0 Å². The Kier molecular flexibility index (Phi) is 3.66. The van der Waals surface area contributed by atoms with Gasteiger partial charge in [0.2, 0.25) is 0 Å². The molecule has 0 amide bonds. The van der Waals surface area contributed by atoms with Crippen LogP contribution in [0.3, 0.4) is 0 Å². The fourth-order valence-electron chi connectivity index (χ4n) is 2.46. The highest BCUT2D eigenvalue weighted by molar-refractivity contribution is 6.31. The molecule has 0 saturated carbocycles. The maximum Gasteiger partial charge on any atom is 0.134 e. The predicted molar refractivity (Wildman–Crippen MR) is 80.8 cm³/mol. The Bertz CT molecular complexity index is 800. The van der Waals surface area contributed by atoms with Crippen molar-refractivity contribution in [3.05, 3.63) is 64.4 Å². The van der Waals surface area contributed by atoms with Crippen LogP contribution >= 0.6 is 11.6 Å². The van der Waals surface area contributed by atoms with Crippen LogP contribution in [0.25, 0.3) is 11.0 Å². The van der Waals surface area contributed by atoms with Gasteiger partial charge >= 0.3 is 0 Å². The maximum atomic E-state index is 13.3. The summed E-state index contributed by atoms with van der Waals surface area (Å²) in [4.78, 5) is 3.95. The van der Waals surface area contributed by atoms with E-state index >= 15 is 0 Å². The van der Waals surface area contributed by atoms with Gasteiger partial charge in [-0.1, -0.05) is 11.6 Å². The van der Waals surface area contributed by atoms with Gasteiger partial charge in [-0.2, -0.15) is 0 Å². The number of halogens is 2. The number of hydrogen-bond acceptors (Lipinski definition) is 3. The summed E-state index contributed by atoms with van der Waals surface area (Å²) < 4.78 is 19.1. The minimum absolute atomic E-state index is 0.288. The summed E-state index contributed by atoms with van der Waals surface area (Å²) in [7, 11) is 0. The monoisotopic (exact) mass is 304 g/mol. The third-order valence-corrected chi connectivity index (χ3v) is 3.91. The first-order chi connectivity index (χ1) is 10.1. The second-order valence-electron chi connectivity index (χ2n) is 5.01. The number of benzene rings is 1. The Morgan fingerprint density at radius 1 is 1.38 bits per heavy atom. The maximum absolute atomic E-state index is 13.3. The molecular weight excluding hydrogens is 291 g/mol. The Morgan fingerprint density at radius 2 is 2.19 bits per heavy atom. The lowest BCUT2D eigenvalue weighted by Crippen LogP contribution is -2.13. The number of pyridine rings is 1. The minimum Gasteiger partial charge on any atom is -0.459 e. The van der Waals surface area contributed by atoms with Gasteiger partial charge in [0, 0.05) is 23.3 Å². The number of aryl methyl sites for hydroxylation is 1. The number of aromatic nitrogens is 1. The van der Waals surface area contributed by atoms with Crippen molar-refractivity contribution < 1.29 is 8.81 Å². The Morgan fingerprint density at radius 3 is 2.95 bits per heavy atom. The quantitative estimate of drug-likeness (QED) is 0.790. The SMILES string of the molecule is Cc1c(C(N)Cc2ccncc2Cl)oc2ccc(F)cc12. The van der Waals surface area contributed by atoms with E-state index in [4.69, 9.17) is 21.8 Å². The van der Waals surface area contributed by atoms with Crippen molar-refractivity contribution >= 4 is 22.6 Å². The molecule has 0 aliphatic rings. The zero-order valence-electron chi connectivity index (χ0n) is 11.4. The molecular formula is C16H14ClFN2O. The molecule has 2 aromatic heterocycles. The molecule has 3 nitrogen and oxygen atoms in total. The van der Waals surface area contributed by atoms with E-state index < -0.39 is 0 Å². The summed E-state index contributed by atoms with van der Waals surface area (Å²) >= 11 is 6.10. The molecule has 2 heterocycles. The first kappa shape index (κ1) is 14.0. The van der Waals surface area contributed by atoms with Crippen LogP contribution in [0.1, 0.15) is 22.9 Å². The Hall–Kier alpha value is -1.91. The molecule has 108 valence electrons. The normalized spacial score (nSPS) is 12.8. The van der Waals surface area contributed by atoms with Crippen LogP contribution in [-0.4, -0.2) is 4.98 Å². The highest BCUT2D eigenvalue weighted by Gasteiger charge is 2.18. The van der Waals surface area contributed by atoms with Crippen molar-refractivity contribution in [1.82, 2.24) is 4.98 Å². The van der Waals surface area contributed by atoms with Crippen molar-refractivity contribution in [2.45, 2.75) is 19.4 Å². The summed E-state index contributed by atoms with van der Waals surface area (Å²) in [6.45, 7) is 1.88. The largest absolute Gasteiger partial charge is 0.459 e. The summed E-state index contributed by atoms with van der Waals surface area (Å²) in [6.07, 6.45) is 3.80. The van der Waals surface area contributed by atoms with E-state index in [1.165, 1.54) is 12.1 Å². The molecule has 21 heavy (non-hydrogen) atoms. The standard InChI is InChI=1S/C16H14ClFN2O/c1-9-12-7-11(18)2-3-15(12)21-16(9)14(19)6-10-4-5-20-8-13(10)17/h2-5,7-8,14H,6,19H2,1H3. The predicted octanol–water partition coefficient (Wildman–Crippen LogP) is 4.17. The molecule has 5 heteroatoms. The van der Waals surface area contributed by atoms with E-state index in [0.29, 0.717) is 22.8 Å². The summed E-state index contributed by atoms with van der Waals surface area (Å²) in [5.74, 6) is 0.368. The van der Waals surface area contributed by atoms with Gasteiger partial charge in [-0.25, -0.2) is 4.39 Å². The third kappa shape index (κ3) is 2.64. The van der Waals surface area contributed by atoms with Crippen molar-refractivity contribution in [2.75, 3.05) is 0 Å². The van der Waals surface area contributed by atoms with Crippen molar-refractivity contribution in [2.24, 2.45) is 5.73 Å². The van der Waals surface area contributed by atoms with Gasteiger partial charge in [-0.3, -0.25) is 4.98 Å². The molecule has 0 spiro atoms. The lowest BCUT2D eigenvalue weighted by atomic mass is 10.0. The summed E-state index contributed by atoms with van der Waals surface area (Å²) in [5, 5.41) is 1.33. The zero-order chi connectivity index (χ0) is 15.0. The second kappa shape index (κ2) is 5.47. The number of nitrogens with zero attached hydrogens (tertiary/aromatic N) is 1. The van der Waals surface area contributed by atoms with Gasteiger partial charge in [0.1, 0.15) is 17.2 Å². The van der Waals surface area contributed by atoms with E-state index in [1.807, 2.05) is 13.0 Å². The summed E-state index contributed by atoms with van der Waals surface area (Å²) in [6, 6.07) is 5.94. The zero-order valence-corrected chi connectivity index (χ0v) is 12.2. The van der Waals surface area contributed by atoms with Crippen LogP contribution in [0.2, 0.25) is 5.02 Å². The topological polar surface area (TPSA) is 52.0 Å². The van der Waals surface area contributed by atoms with Crippen LogP contribution < -0.4 is 5.73 Å². The third-order valence-electron chi connectivity index (χ3n) is 3.57. The first-order valence-electron chi connectivity index (χ1n) is 6.59. The smallest absolute Gasteiger partial charge is 0.134 e. The number of rotatable bonds is 3. The Balaban J connectivity index is 1.96. The van der Waals surface area contributed by atoms with E-state index in [2.05, 4.69) is 4.98 Å². The van der Waals surface area contributed by atoms with E-state index in [1.54, 1.807) is 18.5 Å². The molecule has 3 rings (SSSR count). The van der Waals surface area contributed by atoms with Crippen molar-refractivity contribution in [1.29, 1.82) is 0 Å². The van der Waals surface area contributed by atoms with Crippen LogP contribution in [0.5, 0.6) is 0 Å². The van der Waals surface area contributed by atoms with Crippen LogP contribution in [0.4, 0.5) is 4.39 Å². The summed E-state index contributed by atoms with van der Waals surface area (Å²) in [5.41, 5.74) is 8.64. The number of nitrogens with two attached hydrogens (primary N) is 1. The molecule has 0 saturated heterocycles. The molecule has 1 atom stereocenters. The van der Waals surface area contributed by atoms with Crippen molar-refractivity contribution in [3.63, 3.8) is 0 Å². The van der Waals surface area contributed by atoms with Crippen molar-refractivity contribution in [3.8, 4) is 0 Å². The van der Waals surface area contributed by atoms with Gasteiger partial charge < -0.3 is 10.2 Å². The number of furan rings is 1. The fourth-order valence-corrected chi connectivity index (χ4v) is 2.66. The van der Waals surface area contributed by atoms with Crippen LogP contribution in [0.15, 0.2) is 41.1 Å². The van der Waals surface area contributed by atoms with Gasteiger partial charge in [-0.05, 0) is 43.2 Å². The molecule has 0 aliphatic carbocycles.